The van der Waals surface area contributed by atoms with Gasteiger partial charge in [-0.1, -0.05) is 47.5 Å². The smallest absolute Gasteiger partial charge is 0.255 e. The summed E-state index contributed by atoms with van der Waals surface area (Å²) in [5, 5.41) is 13.5. The van der Waals surface area contributed by atoms with Crippen molar-refractivity contribution in [1.82, 2.24) is 9.80 Å². The summed E-state index contributed by atoms with van der Waals surface area (Å²) in [5.74, 6) is 0.396. The van der Waals surface area contributed by atoms with Crippen molar-refractivity contribution in [3.63, 3.8) is 0 Å². The largest absolute Gasteiger partial charge is 0.497 e. The monoisotopic (exact) mass is 594 g/mol. The summed E-state index contributed by atoms with van der Waals surface area (Å²) in [6.07, 6.45) is 0.751. The van der Waals surface area contributed by atoms with E-state index in [0.29, 0.717) is 67.0 Å². The lowest BCUT2D eigenvalue weighted by Gasteiger charge is -2.44. The number of anilines is 2. The lowest BCUT2D eigenvalue weighted by Crippen LogP contribution is -2.61. The van der Waals surface area contributed by atoms with E-state index in [2.05, 4.69) is 10.2 Å². The van der Waals surface area contributed by atoms with E-state index in [9.17, 15) is 14.7 Å². The molecule has 0 aromatic heterocycles. The second-order valence-electron chi connectivity index (χ2n) is 10.8. The van der Waals surface area contributed by atoms with Crippen molar-refractivity contribution in [2.45, 2.75) is 24.4 Å². The van der Waals surface area contributed by atoms with Crippen LogP contribution in [0.25, 0.3) is 0 Å². The van der Waals surface area contributed by atoms with Gasteiger partial charge < -0.3 is 25.0 Å². The van der Waals surface area contributed by atoms with Crippen LogP contribution in [0.3, 0.4) is 0 Å². The van der Waals surface area contributed by atoms with Crippen LogP contribution in [0.5, 0.6) is 5.75 Å². The van der Waals surface area contributed by atoms with Crippen LogP contribution >= 0.6 is 23.2 Å². The Balaban J connectivity index is 1.50. The maximum atomic E-state index is 14.4. The predicted molar refractivity (Wildman–Crippen MR) is 160 cm³/mol. The van der Waals surface area contributed by atoms with Crippen molar-refractivity contribution in [3.8, 4) is 5.75 Å². The number of fused-ring (bicyclic) bond motifs is 2. The Kier molecular flexibility index (Phi) is 7.59. The second-order valence-corrected chi connectivity index (χ2v) is 11.7. The zero-order chi connectivity index (χ0) is 28.7. The number of piperazine rings is 1. The first-order valence-corrected chi connectivity index (χ1v) is 14.5. The lowest BCUT2D eigenvalue weighted by atomic mass is 9.82. The Bertz CT molecular complexity index is 1490. The normalized spacial score (nSPS) is 22.0. The van der Waals surface area contributed by atoms with E-state index in [1.54, 1.807) is 25.3 Å². The summed E-state index contributed by atoms with van der Waals surface area (Å²) in [6, 6.07) is 18.1. The van der Waals surface area contributed by atoms with E-state index in [-0.39, 0.29) is 18.4 Å². The molecule has 8 nitrogen and oxygen atoms in total. The van der Waals surface area contributed by atoms with Gasteiger partial charge in [0.25, 0.3) is 5.91 Å². The van der Waals surface area contributed by atoms with E-state index in [1.807, 2.05) is 52.3 Å². The standard InChI is InChI=1S/C31H32Cl2N4O4/c1-41-24-7-5-21-16-28(29(39)36-11-9-35(10-12-36)13-14-38)37(27(21)18-24)31(19-20-3-2-4-22(32)15-20)25-8-6-23(33)17-26(25)34-30(31)40/h2-8,15,17-18,28,38H,9-14,16,19H2,1H3,(H,34,40). The first-order valence-electron chi connectivity index (χ1n) is 13.8. The molecular weight excluding hydrogens is 563 g/mol. The molecule has 6 rings (SSSR count). The van der Waals surface area contributed by atoms with Gasteiger partial charge in [-0.25, -0.2) is 0 Å². The van der Waals surface area contributed by atoms with E-state index in [0.717, 1.165) is 22.4 Å². The van der Waals surface area contributed by atoms with E-state index >= 15 is 0 Å². The number of ether oxygens (including phenoxy) is 1. The van der Waals surface area contributed by atoms with Crippen LogP contribution in [-0.4, -0.2) is 79.2 Å². The first-order chi connectivity index (χ1) is 19.8. The molecule has 1 saturated heterocycles. The fraction of sp³-hybridized carbons (Fsp3) is 0.355. The van der Waals surface area contributed by atoms with Gasteiger partial charge in [0, 0.05) is 78.6 Å². The highest BCUT2D eigenvalue weighted by Gasteiger charge is 2.57. The number of aliphatic hydroxyl groups is 1. The number of hydrogen-bond acceptors (Lipinski definition) is 6. The molecule has 41 heavy (non-hydrogen) atoms. The molecule has 0 spiro atoms. The number of rotatable bonds is 7. The number of carbonyl (C=O) groups is 2. The quantitative estimate of drug-likeness (QED) is 0.431. The van der Waals surface area contributed by atoms with Gasteiger partial charge in [-0.3, -0.25) is 14.5 Å². The number of carbonyl (C=O) groups excluding carboxylic acids is 2. The van der Waals surface area contributed by atoms with E-state index < -0.39 is 11.6 Å². The maximum absolute atomic E-state index is 14.4. The molecule has 10 heteroatoms. The number of benzene rings is 3. The zero-order valence-corrected chi connectivity index (χ0v) is 24.3. The molecule has 0 radical (unpaired) electrons. The van der Waals surface area contributed by atoms with Crippen molar-refractivity contribution in [3.05, 3.63) is 87.4 Å². The molecule has 3 heterocycles. The van der Waals surface area contributed by atoms with Crippen molar-refractivity contribution >= 4 is 46.4 Å². The summed E-state index contributed by atoms with van der Waals surface area (Å²) in [7, 11) is 1.61. The number of methoxy groups -OCH3 is 1. The molecule has 3 aliphatic heterocycles. The molecule has 2 N–H and O–H groups in total. The highest BCUT2D eigenvalue weighted by Crippen LogP contribution is 2.51. The Morgan fingerprint density at radius 2 is 1.83 bits per heavy atom. The van der Waals surface area contributed by atoms with Crippen LogP contribution in [0.4, 0.5) is 11.4 Å². The summed E-state index contributed by atoms with van der Waals surface area (Å²) in [5.41, 5.74) is 2.78. The molecular formula is C31H32Cl2N4O4. The highest BCUT2D eigenvalue weighted by atomic mass is 35.5. The number of nitrogens with zero attached hydrogens (tertiary/aromatic N) is 3. The minimum Gasteiger partial charge on any atom is -0.497 e. The number of amides is 2. The molecule has 214 valence electrons. The van der Waals surface area contributed by atoms with Crippen LogP contribution in [0.1, 0.15) is 16.7 Å². The van der Waals surface area contributed by atoms with Crippen LogP contribution in [0.15, 0.2) is 60.7 Å². The van der Waals surface area contributed by atoms with Gasteiger partial charge in [0.1, 0.15) is 11.8 Å². The van der Waals surface area contributed by atoms with Crippen LogP contribution in [0.2, 0.25) is 10.0 Å². The predicted octanol–water partition coefficient (Wildman–Crippen LogP) is 3.96. The zero-order valence-electron chi connectivity index (χ0n) is 22.8. The summed E-state index contributed by atoms with van der Waals surface area (Å²) in [4.78, 5) is 34.8. The minimum absolute atomic E-state index is 0.0236. The Morgan fingerprint density at radius 3 is 2.56 bits per heavy atom. The molecule has 3 aliphatic rings. The number of hydrogen-bond donors (Lipinski definition) is 2. The lowest BCUT2D eigenvalue weighted by molar-refractivity contribution is -0.135. The van der Waals surface area contributed by atoms with Crippen LogP contribution in [0, 0.1) is 0 Å². The Hall–Kier alpha value is -3.30. The number of β-amino-alcohol motifs (C(OH)–C–C–N with tert-alkyl or cyclic N) is 1. The summed E-state index contributed by atoms with van der Waals surface area (Å²) >= 11 is 12.8. The number of halogens is 2. The summed E-state index contributed by atoms with van der Waals surface area (Å²) < 4.78 is 5.59. The van der Waals surface area contributed by atoms with Crippen molar-refractivity contribution < 1.29 is 19.4 Å². The van der Waals surface area contributed by atoms with Crippen molar-refractivity contribution in [2.24, 2.45) is 0 Å². The van der Waals surface area contributed by atoms with E-state index in [1.165, 1.54) is 0 Å². The average molecular weight is 596 g/mol. The van der Waals surface area contributed by atoms with Gasteiger partial charge in [-0.05, 0) is 41.5 Å². The maximum Gasteiger partial charge on any atom is 0.255 e. The number of aliphatic hydroxyl groups excluding tert-OH is 1. The topological polar surface area (TPSA) is 85.4 Å². The average Bonchev–Trinajstić information content (AvgIpc) is 3.47. The molecule has 3 aromatic rings. The van der Waals surface area contributed by atoms with Gasteiger partial charge in [0.2, 0.25) is 5.91 Å². The molecule has 0 bridgehead atoms. The fourth-order valence-corrected chi connectivity index (χ4v) is 6.90. The van der Waals surface area contributed by atoms with Crippen molar-refractivity contribution in [2.75, 3.05) is 56.7 Å². The van der Waals surface area contributed by atoms with Gasteiger partial charge in [-0.2, -0.15) is 0 Å². The first kappa shape index (κ1) is 27.8. The number of nitrogens with one attached hydrogen (secondary N) is 1. The second kappa shape index (κ2) is 11.2. The third kappa shape index (κ3) is 4.93. The van der Waals surface area contributed by atoms with Crippen LogP contribution in [-0.2, 0) is 28.0 Å². The third-order valence-corrected chi connectivity index (χ3v) is 8.94. The Morgan fingerprint density at radius 1 is 1.05 bits per heavy atom. The molecule has 3 aromatic carbocycles. The molecule has 2 amide bonds. The molecule has 2 unspecified atom stereocenters. The van der Waals surface area contributed by atoms with E-state index in [4.69, 9.17) is 27.9 Å². The molecule has 2 atom stereocenters. The van der Waals surface area contributed by atoms with Crippen LogP contribution < -0.4 is 15.0 Å². The fourth-order valence-electron chi connectivity index (χ4n) is 6.52. The van der Waals surface area contributed by atoms with Gasteiger partial charge in [0.15, 0.2) is 5.54 Å². The molecule has 0 aliphatic carbocycles. The highest BCUT2D eigenvalue weighted by molar-refractivity contribution is 6.31. The molecule has 0 saturated carbocycles. The summed E-state index contributed by atoms with van der Waals surface area (Å²) in [6.45, 7) is 3.17. The van der Waals surface area contributed by atoms with Gasteiger partial charge in [-0.15, -0.1) is 0 Å². The minimum atomic E-state index is -1.25. The SMILES string of the molecule is COc1ccc2c(c1)N(C1(Cc3cccc(Cl)c3)C(=O)Nc3cc(Cl)ccc31)C(C(=O)N1CCN(CCO)CC1)C2. The van der Waals surface area contributed by atoms with Gasteiger partial charge in [0.05, 0.1) is 13.7 Å². The van der Waals surface area contributed by atoms with Gasteiger partial charge >= 0.3 is 0 Å². The van der Waals surface area contributed by atoms with Crippen molar-refractivity contribution in [1.29, 1.82) is 0 Å². The molecule has 1 fully saturated rings. The third-order valence-electron chi connectivity index (χ3n) is 8.47. The Labute approximate surface area is 249 Å².